The lowest BCUT2D eigenvalue weighted by atomic mass is 10.3. The lowest BCUT2D eigenvalue weighted by Gasteiger charge is -2.09. The Balaban J connectivity index is 0.00000256. The highest BCUT2D eigenvalue weighted by Gasteiger charge is 2.04. The van der Waals surface area contributed by atoms with Gasteiger partial charge in [-0.2, -0.15) is 0 Å². The molecule has 3 N–H and O–H groups in total. The highest BCUT2D eigenvalue weighted by atomic mass is 127. The van der Waals surface area contributed by atoms with E-state index in [0.717, 1.165) is 40.5 Å². The van der Waals surface area contributed by atoms with Crippen molar-refractivity contribution in [2.45, 2.75) is 13.3 Å². The van der Waals surface area contributed by atoms with Crippen LogP contribution >= 0.6 is 24.0 Å². The van der Waals surface area contributed by atoms with Crippen LogP contribution < -0.4 is 15.8 Å². The highest BCUT2D eigenvalue weighted by Crippen LogP contribution is 2.23. The molecule has 0 fully saturated rings. The van der Waals surface area contributed by atoms with E-state index in [0.29, 0.717) is 12.5 Å². The first-order valence-corrected chi connectivity index (χ1v) is 9.50. The van der Waals surface area contributed by atoms with Gasteiger partial charge in [-0.05, 0) is 42.8 Å². The molecule has 0 aliphatic heterocycles. The molecule has 0 aliphatic carbocycles. The summed E-state index contributed by atoms with van der Waals surface area (Å²) in [6, 6.07) is 21.3. The molecule has 6 nitrogen and oxygen atoms in total. The maximum Gasteiger partial charge on any atom is 0.193 e. The maximum absolute atomic E-state index is 6.04. The number of aryl methyl sites for hydroxylation is 1. The number of halogens is 1. The number of pyridine rings is 1. The zero-order valence-electron chi connectivity index (χ0n) is 16.7. The van der Waals surface area contributed by atoms with Gasteiger partial charge in [0.25, 0.3) is 0 Å². The van der Waals surface area contributed by atoms with Crippen LogP contribution in [0.15, 0.2) is 84.1 Å². The standard InChI is InChI=1S/C23H23N5O.HI/c1-17-7-6-14-28-16-19(26-22(17)28)12-13-25-23(24)27-18-8-5-11-21(15-18)29-20-9-3-2-4-10-20;/h2-11,14-16H,12-13H2,1H3,(H3,24,25,27);1H. The second-order valence-electron chi connectivity index (χ2n) is 6.74. The summed E-state index contributed by atoms with van der Waals surface area (Å²) in [4.78, 5) is 9.07. The molecule has 2 aromatic carbocycles. The molecule has 0 aliphatic rings. The molecule has 0 atom stereocenters. The molecule has 0 saturated heterocycles. The number of nitrogens with one attached hydrogen (secondary N) is 1. The molecule has 0 unspecified atom stereocenters. The number of aliphatic imine (C=N–C) groups is 1. The maximum atomic E-state index is 6.04. The number of aromatic nitrogens is 2. The van der Waals surface area contributed by atoms with Gasteiger partial charge >= 0.3 is 0 Å². The third-order valence-corrected chi connectivity index (χ3v) is 4.46. The fourth-order valence-corrected chi connectivity index (χ4v) is 3.07. The molecule has 0 spiro atoms. The summed E-state index contributed by atoms with van der Waals surface area (Å²) in [7, 11) is 0. The predicted octanol–water partition coefficient (Wildman–Crippen LogP) is 5.02. The quantitative estimate of drug-likeness (QED) is 0.216. The largest absolute Gasteiger partial charge is 0.457 e. The third kappa shape index (κ3) is 5.50. The number of hydrogen-bond acceptors (Lipinski definition) is 3. The number of para-hydroxylation sites is 1. The SMILES string of the molecule is Cc1cccn2cc(CCN=C(N)Nc3cccc(Oc4ccccc4)c3)nc12.I. The molecule has 0 bridgehead atoms. The van der Waals surface area contributed by atoms with Crippen molar-refractivity contribution in [3.63, 3.8) is 0 Å². The number of rotatable bonds is 6. The van der Waals surface area contributed by atoms with Gasteiger partial charge in [0.1, 0.15) is 17.1 Å². The van der Waals surface area contributed by atoms with Crippen LogP contribution in [0.2, 0.25) is 0 Å². The smallest absolute Gasteiger partial charge is 0.193 e. The molecular formula is C23H24IN5O. The van der Waals surface area contributed by atoms with E-state index < -0.39 is 0 Å². The molecule has 30 heavy (non-hydrogen) atoms. The topological polar surface area (TPSA) is 76.9 Å². The van der Waals surface area contributed by atoms with E-state index in [-0.39, 0.29) is 24.0 Å². The van der Waals surface area contributed by atoms with Crippen molar-refractivity contribution in [1.29, 1.82) is 0 Å². The molecule has 7 heteroatoms. The first kappa shape index (κ1) is 21.6. The van der Waals surface area contributed by atoms with Crippen molar-refractivity contribution in [1.82, 2.24) is 9.38 Å². The highest BCUT2D eigenvalue weighted by molar-refractivity contribution is 14.0. The van der Waals surface area contributed by atoms with Crippen LogP contribution in [0.25, 0.3) is 5.65 Å². The Kier molecular flexibility index (Phi) is 7.29. The first-order chi connectivity index (χ1) is 14.2. The Hall–Kier alpha value is -3.07. The average Bonchev–Trinajstić information content (AvgIpc) is 3.13. The molecule has 4 rings (SSSR count). The zero-order chi connectivity index (χ0) is 20.1. The number of benzene rings is 2. The second kappa shape index (κ2) is 10.1. The number of anilines is 1. The van der Waals surface area contributed by atoms with E-state index in [1.165, 1.54) is 0 Å². The van der Waals surface area contributed by atoms with Crippen LogP contribution in [0.3, 0.4) is 0 Å². The summed E-state index contributed by atoms with van der Waals surface area (Å²) in [5.41, 5.74) is 9.99. The molecule has 0 amide bonds. The van der Waals surface area contributed by atoms with Crippen LogP contribution in [-0.2, 0) is 6.42 Å². The summed E-state index contributed by atoms with van der Waals surface area (Å²) < 4.78 is 7.88. The second-order valence-corrected chi connectivity index (χ2v) is 6.74. The molecule has 4 aromatic rings. The van der Waals surface area contributed by atoms with Crippen molar-refractivity contribution < 1.29 is 4.74 Å². The minimum atomic E-state index is 0. The molecule has 0 saturated carbocycles. The van der Waals surface area contributed by atoms with Crippen LogP contribution in [0, 0.1) is 6.92 Å². The van der Waals surface area contributed by atoms with Gasteiger partial charge in [-0.1, -0.05) is 30.3 Å². The number of nitrogens with zero attached hydrogens (tertiary/aromatic N) is 3. The number of fused-ring (bicyclic) bond motifs is 1. The van der Waals surface area contributed by atoms with Gasteiger partial charge in [0.2, 0.25) is 0 Å². The summed E-state index contributed by atoms with van der Waals surface area (Å²) in [5.74, 6) is 1.88. The van der Waals surface area contributed by atoms with Crippen molar-refractivity contribution in [3.05, 3.63) is 90.4 Å². The van der Waals surface area contributed by atoms with Gasteiger partial charge in [0, 0.05) is 37.1 Å². The van der Waals surface area contributed by atoms with Gasteiger partial charge < -0.3 is 20.2 Å². The van der Waals surface area contributed by atoms with Crippen molar-refractivity contribution in [3.8, 4) is 11.5 Å². The normalized spacial score (nSPS) is 11.2. The van der Waals surface area contributed by atoms with Gasteiger partial charge in [0.15, 0.2) is 5.96 Å². The first-order valence-electron chi connectivity index (χ1n) is 9.50. The Labute approximate surface area is 192 Å². The predicted molar refractivity (Wildman–Crippen MR) is 132 cm³/mol. The number of hydrogen-bond donors (Lipinski definition) is 2. The minimum Gasteiger partial charge on any atom is -0.457 e. The average molecular weight is 513 g/mol. The number of guanidine groups is 1. The summed E-state index contributed by atoms with van der Waals surface area (Å²) in [6.07, 6.45) is 4.76. The van der Waals surface area contributed by atoms with Crippen molar-refractivity contribution in [2.75, 3.05) is 11.9 Å². The van der Waals surface area contributed by atoms with Gasteiger partial charge in [-0.3, -0.25) is 4.99 Å². The van der Waals surface area contributed by atoms with E-state index in [9.17, 15) is 0 Å². The van der Waals surface area contributed by atoms with Gasteiger partial charge in [0.05, 0.1) is 5.69 Å². The summed E-state index contributed by atoms with van der Waals surface area (Å²) in [6.45, 7) is 2.61. The van der Waals surface area contributed by atoms with E-state index in [4.69, 9.17) is 10.5 Å². The molecule has 2 aromatic heterocycles. The Morgan fingerprint density at radius 3 is 2.67 bits per heavy atom. The van der Waals surface area contributed by atoms with Crippen LogP contribution in [0.5, 0.6) is 11.5 Å². The fourth-order valence-electron chi connectivity index (χ4n) is 3.07. The summed E-state index contributed by atoms with van der Waals surface area (Å²) >= 11 is 0. The Bertz CT molecular complexity index is 1140. The van der Waals surface area contributed by atoms with Crippen molar-refractivity contribution in [2.24, 2.45) is 10.7 Å². The van der Waals surface area contributed by atoms with Crippen LogP contribution in [0.4, 0.5) is 5.69 Å². The fraction of sp³-hybridized carbons (Fsp3) is 0.130. The van der Waals surface area contributed by atoms with Crippen LogP contribution in [0.1, 0.15) is 11.3 Å². The Morgan fingerprint density at radius 2 is 1.87 bits per heavy atom. The van der Waals surface area contributed by atoms with Crippen molar-refractivity contribution >= 4 is 41.3 Å². The number of nitrogens with two attached hydrogens (primary N) is 1. The number of imidazole rings is 1. The zero-order valence-corrected chi connectivity index (χ0v) is 19.0. The summed E-state index contributed by atoms with van der Waals surface area (Å²) in [5, 5.41) is 3.11. The van der Waals surface area contributed by atoms with Gasteiger partial charge in [-0.25, -0.2) is 4.98 Å². The molecule has 0 radical (unpaired) electrons. The number of ether oxygens (including phenoxy) is 1. The van der Waals surface area contributed by atoms with E-state index in [1.54, 1.807) is 0 Å². The van der Waals surface area contributed by atoms with E-state index in [1.807, 2.05) is 77.5 Å². The third-order valence-electron chi connectivity index (χ3n) is 4.46. The minimum absolute atomic E-state index is 0. The molecular weight excluding hydrogens is 489 g/mol. The lowest BCUT2D eigenvalue weighted by Crippen LogP contribution is -2.23. The van der Waals surface area contributed by atoms with E-state index >= 15 is 0 Å². The van der Waals surface area contributed by atoms with E-state index in [2.05, 4.69) is 28.3 Å². The van der Waals surface area contributed by atoms with Crippen LogP contribution in [-0.4, -0.2) is 21.9 Å². The molecule has 2 heterocycles. The Morgan fingerprint density at radius 1 is 1.07 bits per heavy atom. The van der Waals surface area contributed by atoms with Gasteiger partial charge in [-0.15, -0.1) is 24.0 Å². The lowest BCUT2D eigenvalue weighted by molar-refractivity contribution is 0.483. The molecule has 154 valence electrons. The monoisotopic (exact) mass is 513 g/mol.